The highest BCUT2D eigenvalue weighted by Crippen LogP contribution is 2.60. The maximum absolute atomic E-state index is 11.2. The summed E-state index contributed by atoms with van der Waals surface area (Å²) in [7, 11) is 0. The van der Waals surface area contributed by atoms with Gasteiger partial charge in [-0.1, -0.05) is 13.8 Å². The molecule has 4 aliphatic rings. The van der Waals surface area contributed by atoms with E-state index in [2.05, 4.69) is 18.7 Å². The summed E-state index contributed by atoms with van der Waals surface area (Å²) in [5.74, 6) is 3.35. The standard InChI is InChI=1S/C15H25NO/c1-15(2)12-7-11(8-13(15)9-12)10-16-5-3-14(17)4-6-16/h11-13H,3-10H2,1-2H3/t11-,12+,13-. The molecule has 1 heterocycles. The van der Waals surface area contributed by atoms with Crippen LogP contribution in [0.25, 0.3) is 0 Å². The molecule has 1 aliphatic heterocycles. The van der Waals surface area contributed by atoms with Crippen molar-refractivity contribution in [2.24, 2.45) is 23.2 Å². The minimum Gasteiger partial charge on any atom is -0.302 e. The largest absolute Gasteiger partial charge is 0.302 e. The quantitative estimate of drug-likeness (QED) is 0.733. The van der Waals surface area contributed by atoms with Gasteiger partial charge in [0.15, 0.2) is 0 Å². The number of fused-ring (bicyclic) bond motifs is 2. The topological polar surface area (TPSA) is 20.3 Å². The Bertz CT molecular complexity index is 299. The van der Waals surface area contributed by atoms with E-state index in [-0.39, 0.29) is 0 Å². The lowest BCUT2D eigenvalue weighted by Gasteiger charge is -2.59. The van der Waals surface area contributed by atoms with Crippen LogP contribution in [0.15, 0.2) is 0 Å². The average Bonchev–Trinajstić information content (AvgIpc) is 2.32. The van der Waals surface area contributed by atoms with Crippen molar-refractivity contribution < 1.29 is 4.79 Å². The van der Waals surface area contributed by atoms with Crippen LogP contribution in [0.4, 0.5) is 0 Å². The molecule has 4 rings (SSSR count). The number of rotatable bonds is 2. The lowest BCUT2D eigenvalue weighted by atomic mass is 9.47. The van der Waals surface area contributed by atoms with Crippen LogP contribution in [0.5, 0.6) is 0 Å². The minimum atomic E-state index is 0.467. The summed E-state index contributed by atoms with van der Waals surface area (Å²) in [4.78, 5) is 13.7. The predicted molar refractivity (Wildman–Crippen MR) is 68.8 cm³/mol. The van der Waals surface area contributed by atoms with E-state index in [1.165, 1.54) is 25.8 Å². The summed E-state index contributed by atoms with van der Waals surface area (Å²) >= 11 is 0. The molecule has 3 atom stereocenters. The molecule has 96 valence electrons. The van der Waals surface area contributed by atoms with Gasteiger partial charge in [-0.05, 0) is 42.4 Å². The molecular weight excluding hydrogens is 210 g/mol. The van der Waals surface area contributed by atoms with Gasteiger partial charge in [-0.3, -0.25) is 4.79 Å². The van der Waals surface area contributed by atoms with Gasteiger partial charge in [0, 0.05) is 32.5 Å². The molecule has 1 saturated heterocycles. The van der Waals surface area contributed by atoms with Crippen molar-refractivity contribution in [3.8, 4) is 0 Å². The first kappa shape index (κ1) is 11.7. The smallest absolute Gasteiger partial charge is 0.135 e. The highest BCUT2D eigenvalue weighted by atomic mass is 16.1. The molecule has 0 amide bonds. The van der Waals surface area contributed by atoms with Gasteiger partial charge in [0.1, 0.15) is 5.78 Å². The number of hydrogen-bond donors (Lipinski definition) is 0. The fourth-order valence-electron chi connectivity index (χ4n) is 4.32. The van der Waals surface area contributed by atoms with Crippen LogP contribution >= 0.6 is 0 Å². The van der Waals surface area contributed by atoms with Crippen LogP contribution in [0.2, 0.25) is 0 Å². The summed E-state index contributed by atoms with van der Waals surface area (Å²) < 4.78 is 0. The zero-order valence-corrected chi connectivity index (χ0v) is 11.2. The second-order valence-corrected chi connectivity index (χ2v) is 7.13. The Balaban J connectivity index is 1.50. The molecule has 0 N–H and O–H groups in total. The van der Waals surface area contributed by atoms with E-state index in [0.29, 0.717) is 11.2 Å². The molecule has 0 aromatic heterocycles. The van der Waals surface area contributed by atoms with E-state index in [9.17, 15) is 4.79 Å². The third-order valence-corrected chi connectivity index (χ3v) is 5.84. The van der Waals surface area contributed by atoms with Crippen LogP contribution in [0.3, 0.4) is 0 Å². The normalized spacial score (nSPS) is 41.1. The molecule has 2 bridgehead atoms. The zero-order chi connectivity index (χ0) is 12.0. The number of carbonyl (C=O) groups is 1. The number of ketones is 1. The second kappa shape index (κ2) is 4.08. The third-order valence-electron chi connectivity index (χ3n) is 5.84. The molecule has 2 nitrogen and oxygen atoms in total. The third kappa shape index (κ3) is 2.05. The summed E-state index contributed by atoms with van der Waals surface area (Å²) in [5, 5.41) is 0. The molecule has 3 aliphatic carbocycles. The van der Waals surface area contributed by atoms with Crippen LogP contribution in [0, 0.1) is 23.2 Å². The zero-order valence-electron chi connectivity index (χ0n) is 11.2. The van der Waals surface area contributed by atoms with Crippen molar-refractivity contribution >= 4 is 5.78 Å². The summed E-state index contributed by atoms with van der Waals surface area (Å²) in [6.07, 6.45) is 5.96. The monoisotopic (exact) mass is 235 g/mol. The van der Waals surface area contributed by atoms with Gasteiger partial charge in [-0.25, -0.2) is 0 Å². The van der Waals surface area contributed by atoms with Gasteiger partial charge in [0.2, 0.25) is 0 Å². The van der Waals surface area contributed by atoms with Gasteiger partial charge in [-0.2, -0.15) is 0 Å². The number of carbonyl (C=O) groups excluding carboxylic acids is 1. The molecule has 0 spiro atoms. The van der Waals surface area contributed by atoms with E-state index in [1.807, 2.05) is 0 Å². The predicted octanol–water partition coefficient (Wildman–Crippen LogP) is 2.72. The minimum absolute atomic E-state index is 0.467. The molecule has 3 saturated carbocycles. The molecule has 17 heavy (non-hydrogen) atoms. The van der Waals surface area contributed by atoms with Crippen molar-refractivity contribution in [1.29, 1.82) is 0 Å². The van der Waals surface area contributed by atoms with E-state index in [1.54, 1.807) is 0 Å². The molecule has 0 unspecified atom stereocenters. The van der Waals surface area contributed by atoms with E-state index in [0.717, 1.165) is 43.7 Å². The van der Waals surface area contributed by atoms with Crippen LogP contribution in [-0.2, 0) is 4.79 Å². The maximum atomic E-state index is 11.2. The van der Waals surface area contributed by atoms with Gasteiger partial charge >= 0.3 is 0 Å². The number of Topliss-reactive ketones (excluding diaryl/α,β-unsaturated/α-hetero) is 1. The van der Waals surface area contributed by atoms with Gasteiger partial charge in [0.25, 0.3) is 0 Å². The number of likely N-dealkylation sites (tertiary alicyclic amines) is 1. The van der Waals surface area contributed by atoms with Crippen LogP contribution in [0.1, 0.15) is 46.0 Å². The van der Waals surface area contributed by atoms with E-state index < -0.39 is 0 Å². The van der Waals surface area contributed by atoms with Gasteiger partial charge in [0.05, 0.1) is 0 Å². The van der Waals surface area contributed by atoms with Crippen LogP contribution in [-0.4, -0.2) is 30.3 Å². The molecule has 0 aromatic rings. The Morgan fingerprint density at radius 1 is 1.12 bits per heavy atom. The van der Waals surface area contributed by atoms with Gasteiger partial charge in [-0.15, -0.1) is 0 Å². The Hall–Kier alpha value is -0.370. The average molecular weight is 235 g/mol. The number of hydrogen-bond acceptors (Lipinski definition) is 2. The van der Waals surface area contributed by atoms with Crippen molar-refractivity contribution in [3.05, 3.63) is 0 Å². The Kier molecular flexibility index (Phi) is 2.81. The van der Waals surface area contributed by atoms with Crippen molar-refractivity contribution in [3.63, 3.8) is 0 Å². The molecular formula is C15H25NO. The Morgan fingerprint density at radius 3 is 2.24 bits per heavy atom. The fraction of sp³-hybridized carbons (Fsp3) is 0.933. The number of piperidine rings is 1. The fourth-order valence-corrected chi connectivity index (χ4v) is 4.32. The maximum Gasteiger partial charge on any atom is 0.135 e. The summed E-state index contributed by atoms with van der Waals surface area (Å²) in [5.41, 5.74) is 0.633. The van der Waals surface area contributed by atoms with Crippen LogP contribution < -0.4 is 0 Å². The Labute approximate surface area is 105 Å². The second-order valence-electron chi connectivity index (χ2n) is 7.13. The molecule has 0 aromatic carbocycles. The lowest BCUT2D eigenvalue weighted by molar-refractivity contribution is -0.122. The summed E-state index contributed by atoms with van der Waals surface area (Å²) in [6.45, 7) is 8.22. The molecule has 0 radical (unpaired) electrons. The van der Waals surface area contributed by atoms with Crippen molar-refractivity contribution in [1.82, 2.24) is 4.90 Å². The van der Waals surface area contributed by atoms with E-state index in [4.69, 9.17) is 0 Å². The van der Waals surface area contributed by atoms with Crippen molar-refractivity contribution in [2.75, 3.05) is 19.6 Å². The van der Waals surface area contributed by atoms with Crippen molar-refractivity contribution in [2.45, 2.75) is 46.0 Å². The lowest BCUT2D eigenvalue weighted by Crippen LogP contribution is -2.52. The first-order valence-corrected chi connectivity index (χ1v) is 7.30. The number of nitrogens with zero attached hydrogens (tertiary/aromatic N) is 1. The Morgan fingerprint density at radius 2 is 1.71 bits per heavy atom. The highest BCUT2D eigenvalue weighted by Gasteiger charge is 2.52. The summed E-state index contributed by atoms with van der Waals surface area (Å²) in [6, 6.07) is 0. The van der Waals surface area contributed by atoms with E-state index >= 15 is 0 Å². The van der Waals surface area contributed by atoms with Gasteiger partial charge < -0.3 is 4.90 Å². The highest BCUT2D eigenvalue weighted by molar-refractivity contribution is 5.79. The molecule has 4 fully saturated rings. The first-order valence-electron chi connectivity index (χ1n) is 7.30. The first-order chi connectivity index (χ1) is 8.05. The molecule has 2 heteroatoms. The SMILES string of the molecule is CC1(C)[C@@H]2C[C@H](CN3CCC(=O)CC3)C[C@H]1C2.